The molecule has 0 radical (unpaired) electrons. The van der Waals surface area contributed by atoms with Crippen LogP contribution >= 0.6 is 15.9 Å². The van der Waals surface area contributed by atoms with Crippen LogP contribution in [-0.4, -0.2) is 14.8 Å². The average Bonchev–Trinajstić information content (AvgIpc) is 2.70. The molecule has 0 aliphatic heterocycles. The van der Waals surface area contributed by atoms with Crippen molar-refractivity contribution in [2.45, 2.75) is 26.4 Å². The average molecular weight is 309 g/mol. The summed E-state index contributed by atoms with van der Waals surface area (Å²) in [6, 6.07) is 2.07. The molecule has 0 spiro atoms. The number of rotatable bonds is 5. The lowest BCUT2D eigenvalue weighted by molar-refractivity contribution is 0.686. The molecule has 96 valence electrons. The van der Waals surface area contributed by atoms with Crippen molar-refractivity contribution in [2.24, 2.45) is 7.05 Å². The first-order valence-corrected chi connectivity index (χ1v) is 6.80. The standard InChI is InChI=1S/C13H17BrN4/c1-3-13-11(9-18(2)17-13)7-15-5-10-4-12(14)8-16-6-10/h4,6,8-9,15H,3,5,7H2,1-2H3. The van der Waals surface area contributed by atoms with E-state index in [9.17, 15) is 0 Å². The van der Waals surface area contributed by atoms with Gasteiger partial charge in [0.2, 0.25) is 0 Å². The second-order valence-corrected chi connectivity index (χ2v) is 5.16. The van der Waals surface area contributed by atoms with Gasteiger partial charge in [-0.1, -0.05) is 6.92 Å². The van der Waals surface area contributed by atoms with Gasteiger partial charge in [-0.05, 0) is 34.0 Å². The van der Waals surface area contributed by atoms with Gasteiger partial charge in [0.05, 0.1) is 5.69 Å². The number of aryl methyl sites for hydroxylation is 2. The van der Waals surface area contributed by atoms with E-state index in [0.29, 0.717) is 0 Å². The molecule has 2 aromatic heterocycles. The Morgan fingerprint density at radius 2 is 2.17 bits per heavy atom. The first kappa shape index (κ1) is 13.2. The Kier molecular flexibility index (Phi) is 4.49. The second kappa shape index (κ2) is 6.11. The molecule has 0 bridgehead atoms. The molecule has 0 aliphatic rings. The smallest absolute Gasteiger partial charge is 0.0666 e. The van der Waals surface area contributed by atoms with Crippen LogP contribution in [0.1, 0.15) is 23.7 Å². The van der Waals surface area contributed by atoms with Gasteiger partial charge in [-0.15, -0.1) is 0 Å². The summed E-state index contributed by atoms with van der Waals surface area (Å²) in [5, 5.41) is 7.84. The van der Waals surface area contributed by atoms with Crippen LogP contribution in [0.25, 0.3) is 0 Å². The van der Waals surface area contributed by atoms with Crippen molar-refractivity contribution in [1.82, 2.24) is 20.1 Å². The van der Waals surface area contributed by atoms with E-state index in [-0.39, 0.29) is 0 Å². The molecular weight excluding hydrogens is 292 g/mol. The third kappa shape index (κ3) is 3.40. The highest BCUT2D eigenvalue weighted by molar-refractivity contribution is 9.10. The molecule has 0 saturated heterocycles. The zero-order chi connectivity index (χ0) is 13.0. The summed E-state index contributed by atoms with van der Waals surface area (Å²) in [6.07, 6.45) is 6.71. The minimum absolute atomic E-state index is 0.810. The fourth-order valence-corrected chi connectivity index (χ4v) is 2.34. The van der Waals surface area contributed by atoms with Crippen molar-refractivity contribution in [2.75, 3.05) is 0 Å². The molecule has 2 heterocycles. The maximum absolute atomic E-state index is 4.43. The maximum atomic E-state index is 4.43. The molecule has 0 amide bonds. The van der Waals surface area contributed by atoms with Crippen molar-refractivity contribution in [3.8, 4) is 0 Å². The number of pyridine rings is 1. The predicted octanol–water partition coefficient (Wildman–Crippen LogP) is 2.43. The van der Waals surface area contributed by atoms with Gasteiger partial charge in [0.25, 0.3) is 0 Å². The molecule has 0 saturated carbocycles. The Labute approximate surface area is 116 Å². The molecule has 1 N–H and O–H groups in total. The molecule has 0 fully saturated rings. The largest absolute Gasteiger partial charge is 0.308 e. The molecule has 0 aromatic carbocycles. The van der Waals surface area contributed by atoms with Gasteiger partial charge in [-0.25, -0.2) is 0 Å². The number of halogens is 1. The highest BCUT2D eigenvalue weighted by atomic mass is 79.9. The van der Waals surface area contributed by atoms with Crippen LogP contribution in [0.3, 0.4) is 0 Å². The third-order valence-corrected chi connectivity index (χ3v) is 3.17. The number of hydrogen-bond donors (Lipinski definition) is 1. The molecule has 5 heteroatoms. The predicted molar refractivity (Wildman–Crippen MR) is 75.1 cm³/mol. The van der Waals surface area contributed by atoms with E-state index in [0.717, 1.165) is 29.7 Å². The van der Waals surface area contributed by atoms with Crippen molar-refractivity contribution < 1.29 is 0 Å². The molecule has 2 rings (SSSR count). The van der Waals surface area contributed by atoms with E-state index in [1.165, 1.54) is 11.1 Å². The minimum Gasteiger partial charge on any atom is -0.308 e. The van der Waals surface area contributed by atoms with Crippen LogP contribution in [-0.2, 0) is 26.6 Å². The summed E-state index contributed by atoms with van der Waals surface area (Å²) in [5.41, 5.74) is 3.60. The SMILES string of the molecule is CCc1nn(C)cc1CNCc1cncc(Br)c1. The van der Waals surface area contributed by atoms with Crippen LogP contribution in [0.4, 0.5) is 0 Å². The monoisotopic (exact) mass is 308 g/mol. The second-order valence-electron chi connectivity index (χ2n) is 4.24. The van der Waals surface area contributed by atoms with E-state index >= 15 is 0 Å². The Bertz CT molecular complexity index is 521. The number of aromatic nitrogens is 3. The zero-order valence-corrected chi connectivity index (χ0v) is 12.2. The van der Waals surface area contributed by atoms with Crippen molar-refractivity contribution >= 4 is 15.9 Å². The molecule has 0 atom stereocenters. The van der Waals surface area contributed by atoms with Crippen LogP contribution in [0.5, 0.6) is 0 Å². The Morgan fingerprint density at radius 3 is 2.89 bits per heavy atom. The molecule has 2 aromatic rings. The van der Waals surface area contributed by atoms with E-state index in [1.54, 1.807) is 6.20 Å². The van der Waals surface area contributed by atoms with Crippen LogP contribution in [0.15, 0.2) is 29.1 Å². The van der Waals surface area contributed by atoms with Crippen LogP contribution in [0, 0.1) is 0 Å². The van der Waals surface area contributed by atoms with Gasteiger partial charge in [0.1, 0.15) is 0 Å². The molecule has 0 unspecified atom stereocenters. The lowest BCUT2D eigenvalue weighted by Crippen LogP contribution is -2.13. The summed E-state index contributed by atoms with van der Waals surface area (Å²) < 4.78 is 2.88. The third-order valence-electron chi connectivity index (χ3n) is 2.73. The molecule has 4 nitrogen and oxygen atoms in total. The van der Waals surface area contributed by atoms with Crippen molar-refractivity contribution in [3.63, 3.8) is 0 Å². The quantitative estimate of drug-likeness (QED) is 0.922. The molecule has 18 heavy (non-hydrogen) atoms. The number of nitrogens with one attached hydrogen (secondary N) is 1. The fourth-order valence-electron chi connectivity index (χ4n) is 1.92. The molecule has 0 aliphatic carbocycles. The van der Waals surface area contributed by atoms with Crippen LogP contribution in [0.2, 0.25) is 0 Å². The van der Waals surface area contributed by atoms with Crippen molar-refractivity contribution in [1.29, 1.82) is 0 Å². The van der Waals surface area contributed by atoms with E-state index in [2.05, 4.69) is 50.5 Å². The zero-order valence-electron chi connectivity index (χ0n) is 10.7. The normalized spacial score (nSPS) is 10.8. The van der Waals surface area contributed by atoms with E-state index in [1.807, 2.05) is 17.9 Å². The highest BCUT2D eigenvalue weighted by Gasteiger charge is 2.05. The Balaban J connectivity index is 1.92. The van der Waals surface area contributed by atoms with Gasteiger partial charge in [-0.2, -0.15) is 5.10 Å². The Morgan fingerprint density at radius 1 is 1.33 bits per heavy atom. The summed E-state index contributed by atoms with van der Waals surface area (Å²) in [7, 11) is 1.96. The molecular formula is C13H17BrN4. The van der Waals surface area contributed by atoms with Crippen molar-refractivity contribution in [3.05, 3.63) is 46.0 Å². The summed E-state index contributed by atoms with van der Waals surface area (Å²) in [4.78, 5) is 4.14. The minimum atomic E-state index is 0.810. The fraction of sp³-hybridized carbons (Fsp3) is 0.385. The van der Waals surface area contributed by atoms with E-state index in [4.69, 9.17) is 0 Å². The lowest BCUT2D eigenvalue weighted by atomic mass is 10.2. The maximum Gasteiger partial charge on any atom is 0.0666 e. The van der Waals surface area contributed by atoms with Gasteiger partial charge in [-0.3, -0.25) is 9.67 Å². The van der Waals surface area contributed by atoms with Crippen LogP contribution < -0.4 is 5.32 Å². The first-order chi connectivity index (χ1) is 8.69. The van der Waals surface area contributed by atoms with Gasteiger partial charge in [0, 0.05) is 48.8 Å². The van der Waals surface area contributed by atoms with E-state index < -0.39 is 0 Å². The lowest BCUT2D eigenvalue weighted by Gasteiger charge is -2.04. The highest BCUT2D eigenvalue weighted by Crippen LogP contribution is 2.10. The van der Waals surface area contributed by atoms with Gasteiger partial charge in [0.15, 0.2) is 0 Å². The topological polar surface area (TPSA) is 42.7 Å². The number of hydrogen-bond acceptors (Lipinski definition) is 3. The summed E-state index contributed by atoms with van der Waals surface area (Å²) >= 11 is 3.42. The van der Waals surface area contributed by atoms with Gasteiger partial charge >= 0.3 is 0 Å². The Hall–Kier alpha value is -1.20. The summed E-state index contributed by atoms with van der Waals surface area (Å²) in [6.45, 7) is 3.78. The number of nitrogens with zero attached hydrogens (tertiary/aromatic N) is 3. The first-order valence-electron chi connectivity index (χ1n) is 6.00. The summed E-state index contributed by atoms with van der Waals surface area (Å²) in [5.74, 6) is 0. The van der Waals surface area contributed by atoms with Gasteiger partial charge < -0.3 is 5.32 Å².